The number of pyridine rings is 4. The Bertz CT molecular complexity index is 2620. The van der Waals surface area contributed by atoms with E-state index in [1.807, 2.05) is 13.8 Å². The monoisotopic (exact) mass is 1520 g/mol. The topological polar surface area (TPSA) is 83.0 Å². The van der Waals surface area contributed by atoms with Crippen molar-refractivity contribution in [1.29, 1.82) is 0 Å². The van der Waals surface area contributed by atoms with Crippen LogP contribution in [-0.2, 0) is 94.8 Å². The number of rotatable bonds is 2. The van der Waals surface area contributed by atoms with Crippen molar-refractivity contribution in [2.75, 3.05) is 26.4 Å². The number of nitrogens with zero attached hydrogens (tertiary/aromatic N) is 8. The van der Waals surface area contributed by atoms with Crippen molar-refractivity contribution < 1.29 is 126 Å². The third-order valence-corrected chi connectivity index (χ3v) is 12.7. The molecule has 0 atom stereocenters. The number of fused-ring (bicyclic) bond motifs is 8. The molecule has 10 nitrogen and oxygen atoms in total. The molecule has 0 amide bonds. The first kappa shape index (κ1) is 94.4. The van der Waals surface area contributed by atoms with E-state index in [4.69, 9.17) is 29.4 Å². The fraction of sp³-hybridized carbons (Fsp3) is 0.500. The molecule has 0 unspecified atom stereocenters. The van der Waals surface area contributed by atoms with Crippen LogP contribution in [0.1, 0.15) is 155 Å². The average molecular weight is 1520 g/mol. The number of aromatic nitrogens is 4. The number of hydrogen-bond acceptors (Lipinski definition) is 10. The van der Waals surface area contributed by atoms with Crippen LogP contribution in [0.2, 0.25) is 0 Å². The molecule has 94 heavy (non-hydrogen) atoms. The fourth-order valence-electron chi connectivity index (χ4n) is 7.95. The van der Waals surface area contributed by atoms with Gasteiger partial charge in [0.25, 0.3) is 0 Å². The second kappa shape index (κ2) is 38.6. The number of halogens is 16. The summed E-state index contributed by atoms with van der Waals surface area (Å²) in [5, 5.41) is 0. The predicted molar refractivity (Wildman–Crippen MR) is 333 cm³/mol. The second-order valence-electron chi connectivity index (χ2n) is 25.0. The molecule has 0 saturated carbocycles. The fourth-order valence-corrected chi connectivity index (χ4v) is 7.95. The Morgan fingerprint density at radius 3 is 0.638 bits per heavy atom. The summed E-state index contributed by atoms with van der Waals surface area (Å²) in [4.78, 5) is 29.7. The van der Waals surface area contributed by atoms with Gasteiger partial charge >= 0.3 is 99.0 Å². The van der Waals surface area contributed by atoms with Crippen molar-refractivity contribution in [1.82, 2.24) is 39.5 Å². The van der Waals surface area contributed by atoms with Crippen LogP contribution in [0.3, 0.4) is 0 Å². The summed E-state index contributed by atoms with van der Waals surface area (Å²) in [5.74, 6) is -0.419. The average Bonchev–Trinajstić information content (AvgIpc) is 1.33. The maximum atomic E-state index is 11.9. The smallest absolute Gasteiger partial charge is 1.00 e. The van der Waals surface area contributed by atoms with E-state index in [1.165, 1.54) is 61.4 Å². The minimum atomic E-state index is -10.7. The van der Waals surface area contributed by atoms with Gasteiger partial charge in [-0.3, -0.25) is 39.5 Å². The van der Waals surface area contributed by atoms with Gasteiger partial charge in [0.05, 0.1) is 45.6 Å². The summed E-state index contributed by atoms with van der Waals surface area (Å²) < 4.78 is 152. The summed E-state index contributed by atoms with van der Waals surface area (Å²) >= 11 is 0. The van der Waals surface area contributed by atoms with Crippen LogP contribution in [0.15, 0.2) is 121 Å². The van der Waals surface area contributed by atoms with Gasteiger partial charge in [-0.25, -0.2) is 8.78 Å². The van der Waals surface area contributed by atoms with Gasteiger partial charge in [0.15, 0.2) is 0 Å². The Balaban J connectivity index is -0.00000111. The summed E-state index contributed by atoms with van der Waals surface area (Å²) in [7, 11) is -21.3. The molecule has 3 aliphatic rings. The molecule has 540 valence electrons. The number of hydrogen-bond donors (Lipinski definition) is 0. The molecule has 7 heterocycles. The zero-order valence-electron chi connectivity index (χ0n) is 55.4. The number of ether oxygens (including phenoxy) is 2. The summed E-state index contributed by atoms with van der Waals surface area (Å²) in [6.45, 7) is 41.4. The summed E-state index contributed by atoms with van der Waals surface area (Å²) in [5.41, 5.74) is 9.23. The van der Waals surface area contributed by atoms with E-state index >= 15 is 0 Å². The van der Waals surface area contributed by atoms with Crippen molar-refractivity contribution in [3.05, 3.63) is 191 Å². The van der Waals surface area contributed by atoms with E-state index < -0.39 is 15.6 Å². The van der Waals surface area contributed by atoms with E-state index in [0.717, 1.165) is 124 Å². The maximum Gasteiger partial charge on any atom is 3.00 e. The van der Waals surface area contributed by atoms with Crippen LogP contribution < -0.4 is 24.8 Å². The van der Waals surface area contributed by atoms with E-state index in [2.05, 4.69) is 188 Å². The predicted octanol–water partition coefficient (Wildman–Crippen LogP) is 14.6. The molecular formula is C64H90Cl2F14N8Ni2O2P2. The SMILES string of the molecule is C1CCOC1.CC(C)(C)N1Cc2cccc(n2)CN(C(C)(C)C)Cc2cccc(n2)C1.CC(C)(C)N1Cc2cccc(n2)CN(C(C)(C)C)Cc2cccc(n2)C1.CCOCC.F[P-](F)(F)(F)(F)F.F[P-](F)(F)(F)(F)F.Fc1cc[c-]cc1.Fc1cc[c-]cc1.[Cl-].[Cl-].[Ni+3].[Ni+3]. The third kappa shape index (κ3) is 50.6. The van der Waals surface area contributed by atoms with Crippen LogP contribution in [0.5, 0.6) is 0 Å². The van der Waals surface area contributed by atoms with Crippen molar-refractivity contribution in [2.45, 2.75) is 184 Å². The quantitative estimate of drug-likeness (QED) is 0.0723. The van der Waals surface area contributed by atoms with Gasteiger partial charge in [0.1, 0.15) is 0 Å². The van der Waals surface area contributed by atoms with Gasteiger partial charge < -0.3 is 34.3 Å². The van der Waals surface area contributed by atoms with Gasteiger partial charge in [-0.2, -0.15) is 36.4 Å². The van der Waals surface area contributed by atoms with E-state index in [0.29, 0.717) is 0 Å². The van der Waals surface area contributed by atoms with Gasteiger partial charge in [0, 0.05) is 113 Å². The van der Waals surface area contributed by atoms with Crippen LogP contribution in [0.25, 0.3) is 0 Å². The second-order valence-corrected chi connectivity index (χ2v) is 28.9. The van der Waals surface area contributed by atoms with Crippen molar-refractivity contribution in [3.8, 4) is 0 Å². The van der Waals surface area contributed by atoms with Crippen LogP contribution >= 0.6 is 15.6 Å². The molecule has 0 spiro atoms. The standard InChI is InChI=1S/2C22H32N4.2C6H4F.C4H8O.C4H10O.2ClH.2F6P.2Ni/c2*1-21(2,3)25-13-17-9-7-11-19(23-17)15-26(22(4,5)6)16-20-12-8-10-18(14-25)24-20;2*7-6-4-2-1-3-5-6;1-2-4-5-3-1;1-3-5-4-2;;;2*1-7(2,3,4,5)6;;/h2*7-12H,13-16H2,1-6H3;2*2-5H;1-4H2;3-4H2,1-2H3;2*1H;;;;/q;;2*-1;;;;;2*-1;2*+3/p-2. The molecule has 30 heteroatoms. The zero-order chi connectivity index (χ0) is 68.6. The molecule has 9 rings (SSSR count). The first-order valence-corrected chi connectivity index (χ1v) is 33.2. The first-order chi connectivity index (χ1) is 40.8. The minimum absolute atomic E-state index is 0. The molecule has 4 aromatic heterocycles. The molecule has 2 aromatic carbocycles. The Morgan fingerprint density at radius 1 is 0.372 bits per heavy atom. The van der Waals surface area contributed by atoms with Crippen LogP contribution in [0.4, 0.5) is 59.1 Å². The zero-order valence-corrected chi connectivity index (χ0v) is 60.7. The molecule has 1 fully saturated rings. The molecule has 2 radical (unpaired) electrons. The molecule has 8 bridgehead atoms. The van der Waals surface area contributed by atoms with E-state index in [-0.39, 0.29) is 91.6 Å². The summed E-state index contributed by atoms with van der Waals surface area (Å²) in [6, 6.07) is 42.7. The van der Waals surface area contributed by atoms with Crippen LogP contribution in [0, 0.1) is 23.8 Å². The van der Waals surface area contributed by atoms with Crippen molar-refractivity contribution in [2.24, 2.45) is 0 Å². The van der Waals surface area contributed by atoms with E-state index in [9.17, 15) is 59.1 Å². The Labute approximate surface area is 579 Å². The normalized spacial score (nSPS) is 16.1. The van der Waals surface area contributed by atoms with Gasteiger partial charge in [-0.1, -0.05) is 24.3 Å². The molecule has 3 aliphatic heterocycles. The van der Waals surface area contributed by atoms with Gasteiger partial charge in [-0.05, 0) is 158 Å². The Hall–Kier alpha value is -3.75. The largest absolute Gasteiger partial charge is 3.00 e. The molecule has 0 aliphatic carbocycles. The van der Waals surface area contributed by atoms with Gasteiger partial charge in [0.2, 0.25) is 0 Å². The number of benzene rings is 2. The van der Waals surface area contributed by atoms with Crippen LogP contribution in [-0.4, -0.2) is 88.1 Å². The van der Waals surface area contributed by atoms with Gasteiger partial charge in [-0.15, -0.1) is 24.3 Å². The van der Waals surface area contributed by atoms with E-state index in [1.54, 1.807) is 0 Å². The Kier molecular flexibility index (Phi) is 38.7. The minimum Gasteiger partial charge on any atom is -1.00 e. The third-order valence-electron chi connectivity index (χ3n) is 12.7. The summed E-state index contributed by atoms with van der Waals surface area (Å²) in [6.07, 6.45) is 2.56. The first-order valence-electron chi connectivity index (χ1n) is 29.1. The Morgan fingerprint density at radius 2 is 0.543 bits per heavy atom. The van der Waals surface area contributed by atoms with Crippen molar-refractivity contribution in [3.63, 3.8) is 0 Å². The molecular weight excluding hydrogens is 1430 g/mol. The maximum absolute atomic E-state index is 11.9. The molecule has 6 aromatic rings. The molecule has 0 N–H and O–H groups in total. The molecule has 1 saturated heterocycles. The van der Waals surface area contributed by atoms with Crippen molar-refractivity contribution >= 4 is 15.6 Å².